The molecule has 3 N–H and O–H groups in total. The third kappa shape index (κ3) is 2.03. The van der Waals surface area contributed by atoms with E-state index in [9.17, 15) is 4.79 Å². The van der Waals surface area contributed by atoms with Crippen molar-refractivity contribution in [2.24, 2.45) is 10.7 Å². The lowest BCUT2D eigenvalue weighted by molar-refractivity contribution is 0.554. The fourth-order valence-electron chi connectivity index (χ4n) is 3.36. The molecule has 0 aliphatic carbocycles. The van der Waals surface area contributed by atoms with Gasteiger partial charge in [0.05, 0.1) is 22.0 Å². The van der Waals surface area contributed by atoms with Crippen molar-refractivity contribution < 1.29 is 4.42 Å². The standard InChI is InChI=1S/C19H15N5O2/c1-10-6-7-15-11(8-10)16(25)12(9-26-15)17-22-18(20)23-19-21-13-4-2-3-5-14(13)24(17)19/h2-9,17H,1H3,(H3,20,21,22,23). The summed E-state index contributed by atoms with van der Waals surface area (Å²) < 4.78 is 7.57. The summed E-state index contributed by atoms with van der Waals surface area (Å²) in [6.45, 7) is 1.94. The second-order valence-electron chi connectivity index (χ2n) is 6.33. The molecule has 1 atom stereocenters. The average Bonchev–Trinajstić information content (AvgIpc) is 3.00. The molecule has 0 saturated carbocycles. The maximum Gasteiger partial charge on any atom is 0.212 e. The Balaban J connectivity index is 1.81. The number of fused-ring (bicyclic) bond motifs is 4. The molecular weight excluding hydrogens is 330 g/mol. The number of rotatable bonds is 1. The van der Waals surface area contributed by atoms with E-state index in [0.29, 0.717) is 22.5 Å². The Morgan fingerprint density at radius 2 is 2.08 bits per heavy atom. The maximum atomic E-state index is 13.1. The minimum Gasteiger partial charge on any atom is -0.464 e. The van der Waals surface area contributed by atoms with E-state index >= 15 is 0 Å². The van der Waals surface area contributed by atoms with Crippen molar-refractivity contribution in [1.29, 1.82) is 0 Å². The molecule has 2 aromatic heterocycles. The number of hydrogen-bond acceptors (Lipinski definition) is 6. The van der Waals surface area contributed by atoms with Crippen LogP contribution in [-0.4, -0.2) is 15.5 Å². The van der Waals surface area contributed by atoms with Crippen LogP contribution < -0.4 is 16.5 Å². The first-order chi connectivity index (χ1) is 12.6. The monoisotopic (exact) mass is 345 g/mol. The van der Waals surface area contributed by atoms with Crippen LogP contribution in [-0.2, 0) is 0 Å². The summed E-state index contributed by atoms with van der Waals surface area (Å²) in [4.78, 5) is 22.1. The van der Waals surface area contributed by atoms with Gasteiger partial charge in [-0.15, -0.1) is 0 Å². The highest BCUT2D eigenvalue weighted by Crippen LogP contribution is 2.31. The highest BCUT2D eigenvalue weighted by atomic mass is 16.3. The number of nitrogens with two attached hydrogens (primary N) is 1. The zero-order valence-electron chi connectivity index (χ0n) is 13.9. The van der Waals surface area contributed by atoms with E-state index in [1.54, 1.807) is 6.07 Å². The van der Waals surface area contributed by atoms with Gasteiger partial charge in [-0.05, 0) is 31.2 Å². The van der Waals surface area contributed by atoms with Gasteiger partial charge in [-0.25, -0.2) is 9.98 Å². The molecule has 0 spiro atoms. The molecule has 1 aliphatic rings. The molecule has 26 heavy (non-hydrogen) atoms. The Hall–Kier alpha value is -3.61. The molecule has 7 nitrogen and oxygen atoms in total. The number of nitrogens with one attached hydrogen (secondary N) is 1. The second kappa shape index (κ2) is 5.19. The van der Waals surface area contributed by atoms with Crippen LogP contribution in [0.1, 0.15) is 17.3 Å². The van der Waals surface area contributed by atoms with Gasteiger partial charge in [-0.2, -0.15) is 0 Å². The lowest BCUT2D eigenvalue weighted by Crippen LogP contribution is -2.33. The highest BCUT2D eigenvalue weighted by Gasteiger charge is 2.27. The number of anilines is 1. The molecule has 1 unspecified atom stereocenters. The van der Waals surface area contributed by atoms with Crippen molar-refractivity contribution in [2.45, 2.75) is 13.1 Å². The van der Waals surface area contributed by atoms with Crippen LogP contribution in [0.3, 0.4) is 0 Å². The van der Waals surface area contributed by atoms with Crippen molar-refractivity contribution in [3.63, 3.8) is 0 Å². The first-order valence-electron chi connectivity index (χ1n) is 8.21. The Morgan fingerprint density at radius 3 is 2.96 bits per heavy atom. The first kappa shape index (κ1) is 14.7. The summed E-state index contributed by atoms with van der Waals surface area (Å²) in [5.74, 6) is 0.758. The summed E-state index contributed by atoms with van der Waals surface area (Å²) in [5, 5.41) is 3.49. The van der Waals surface area contributed by atoms with E-state index in [0.717, 1.165) is 16.6 Å². The molecule has 7 heteroatoms. The lowest BCUT2D eigenvalue weighted by Gasteiger charge is -2.23. The molecule has 0 saturated heterocycles. The van der Waals surface area contributed by atoms with Crippen LogP contribution in [0.25, 0.3) is 22.0 Å². The molecule has 3 heterocycles. The smallest absolute Gasteiger partial charge is 0.212 e. The summed E-state index contributed by atoms with van der Waals surface area (Å²) in [6, 6.07) is 13.2. The number of nitrogens with zero attached hydrogens (tertiary/aromatic N) is 3. The fourth-order valence-corrected chi connectivity index (χ4v) is 3.36. The van der Waals surface area contributed by atoms with E-state index < -0.39 is 6.17 Å². The number of guanidine groups is 1. The maximum absolute atomic E-state index is 13.1. The Morgan fingerprint density at radius 1 is 1.23 bits per heavy atom. The molecule has 0 fully saturated rings. The van der Waals surface area contributed by atoms with Crippen LogP contribution in [0.5, 0.6) is 0 Å². The van der Waals surface area contributed by atoms with Crippen molar-refractivity contribution >= 4 is 33.9 Å². The molecule has 128 valence electrons. The molecule has 4 aromatic rings. The minimum atomic E-state index is -0.639. The van der Waals surface area contributed by atoms with Gasteiger partial charge in [0.25, 0.3) is 0 Å². The van der Waals surface area contributed by atoms with Crippen LogP contribution in [0.4, 0.5) is 5.95 Å². The van der Waals surface area contributed by atoms with Crippen LogP contribution >= 0.6 is 0 Å². The predicted molar refractivity (Wildman–Crippen MR) is 100 cm³/mol. The molecule has 0 radical (unpaired) electrons. The Kier molecular flexibility index (Phi) is 2.94. The summed E-state index contributed by atoms with van der Waals surface area (Å²) >= 11 is 0. The zero-order valence-corrected chi connectivity index (χ0v) is 13.9. The Labute approximate surface area is 147 Å². The van der Waals surface area contributed by atoms with E-state index in [1.807, 2.05) is 47.9 Å². The van der Waals surface area contributed by atoms with Crippen LogP contribution in [0.2, 0.25) is 0 Å². The lowest BCUT2D eigenvalue weighted by atomic mass is 10.1. The quantitative estimate of drug-likeness (QED) is 0.553. The van der Waals surface area contributed by atoms with E-state index in [4.69, 9.17) is 10.2 Å². The molecule has 0 bridgehead atoms. The number of benzene rings is 2. The van der Waals surface area contributed by atoms with Gasteiger partial charge in [0, 0.05) is 0 Å². The van der Waals surface area contributed by atoms with Gasteiger partial charge in [0.1, 0.15) is 11.8 Å². The molecule has 2 aromatic carbocycles. The largest absolute Gasteiger partial charge is 0.464 e. The van der Waals surface area contributed by atoms with Gasteiger partial charge >= 0.3 is 0 Å². The normalized spacial score (nSPS) is 16.3. The van der Waals surface area contributed by atoms with Gasteiger partial charge in [-0.1, -0.05) is 23.8 Å². The number of imidazole rings is 1. The zero-order chi connectivity index (χ0) is 17.8. The number of aryl methyl sites for hydroxylation is 1. The summed E-state index contributed by atoms with van der Waals surface area (Å²) in [6.07, 6.45) is 0.825. The van der Waals surface area contributed by atoms with Gasteiger partial charge in [0.2, 0.25) is 5.95 Å². The first-order valence-corrected chi connectivity index (χ1v) is 8.21. The molecule has 5 rings (SSSR count). The third-order valence-electron chi connectivity index (χ3n) is 4.57. The number of aliphatic imine (C=N–C) groups is 1. The van der Waals surface area contributed by atoms with Gasteiger partial charge in [0.15, 0.2) is 17.6 Å². The number of hydrogen-bond donors (Lipinski definition) is 2. The summed E-state index contributed by atoms with van der Waals surface area (Å²) in [7, 11) is 0. The van der Waals surface area contributed by atoms with Crippen molar-refractivity contribution in [3.8, 4) is 0 Å². The van der Waals surface area contributed by atoms with Gasteiger partial charge in [-0.3, -0.25) is 14.7 Å². The number of aromatic nitrogens is 2. The van der Waals surface area contributed by atoms with Crippen molar-refractivity contribution in [3.05, 3.63) is 70.1 Å². The molecule has 0 amide bonds. The average molecular weight is 345 g/mol. The molecular formula is C19H15N5O2. The topological polar surface area (TPSA) is 98.4 Å². The van der Waals surface area contributed by atoms with Gasteiger partial charge < -0.3 is 10.2 Å². The van der Waals surface area contributed by atoms with E-state index in [1.165, 1.54) is 6.26 Å². The van der Waals surface area contributed by atoms with Crippen LogP contribution in [0.15, 0.2) is 62.9 Å². The van der Waals surface area contributed by atoms with Crippen molar-refractivity contribution in [2.75, 3.05) is 5.32 Å². The minimum absolute atomic E-state index is 0.123. The number of para-hydroxylation sites is 2. The molecule has 1 aliphatic heterocycles. The Bertz CT molecular complexity index is 1270. The fraction of sp³-hybridized carbons (Fsp3) is 0.105. The highest BCUT2D eigenvalue weighted by molar-refractivity contribution is 5.94. The summed E-state index contributed by atoms with van der Waals surface area (Å²) in [5.41, 5.74) is 9.42. The second-order valence-corrected chi connectivity index (χ2v) is 6.33. The third-order valence-corrected chi connectivity index (χ3v) is 4.57. The SMILES string of the molecule is Cc1ccc2occ(C3N=C(N)Nc4nc5ccccc5n43)c(=O)c2c1. The van der Waals surface area contributed by atoms with Crippen molar-refractivity contribution in [1.82, 2.24) is 9.55 Å². The van der Waals surface area contributed by atoms with E-state index in [-0.39, 0.29) is 11.4 Å². The van der Waals surface area contributed by atoms with Crippen LogP contribution in [0, 0.1) is 6.92 Å². The predicted octanol–water partition coefficient (Wildman–Crippen LogP) is 2.74. The van der Waals surface area contributed by atoms with E-state index in [2.05, 4.69) is 15.3 Å².